The molecule has 3 aromatic heterocycles. The van der Waals surface area contributed by atoms with E-state index in [1.165, 1.54) is 17.4 Å². The van der Waals surface area contributed by atoms with Crippen LogP contribution in [0.15, 0.2) is 43.1 Å². The van der Waals surface area contributed by atoms with E-state index in [4.69, 9.17) is 4.52 Å². The molecule has 19 heavy (non-hydrogen) atoms. The Labute approximate surface area is 116 Å². The maximum absolute atomic E-state index is 11.9. The van der Waals surface area contributed by atoms with Crippen molar-refractivity contribution in [2.45, 2.75) is 4.21 Å². The van der Waals surface area contributed by atoms with Crippen molar-refractivity contribution in [1.82, 2.24) is 10.1 Å². The molecule has 0 saturated heterocycles. The van der Waals surface area contributed by atoms with E-state index in [1.807, 2.05) is 16.8 Å². The molecule has 6 nitrogen and oxygen atoms in total. The van der Waals surface area contributed by atoms with Gasteiger partial charge in [0.1, 0.15) is 4.21 Å². The van der Waals surface area contributed by atoms with Gasteiger partial charge in [-0.25, -0.2) is 13.1 Å². The van der Waals surface area contributed by atoms with E-state index in [2.05, 4.69) is 14.9 Å². The molecule has 0 aliphatic carbocycles. The molecule has 0 spiro atoms. The predicted octanol–water partition coefficient (Wildman–Crippen LogP) is 2.66. The third kappa shape index (κ3) is 2.53. The highest BCUT2D eigenvalue weighted by Crippen LogP contribution is 2.23. The predicted molar refractivity (Wildman–Crippen MR) is 72.7 cm³/mol. The van der Waals surface area contributed by atoms with E-state index in [-0.39, 0.29) is 16.0 Å². The van der Waals surface area contributed by atoms with Gasteiger partial charge in [-0.2, -0.15) is 16.3 Å². The van der Waals surface area contributed by atoms with Crippen LogP contribution in [0.2, 0.25) is 0 Å². The number of sulfonamides is 1. The smallest absolute Gasteiger partial charge is 0.277 e. The first kappa shape index (κ1) is 12.3. The minimum atomic E-state index is -3.64. The van der Waals surface area contributed by atoms with Gasteiger partial charge in [-0.15, -0.1) is 11.3 Å². The molecule has 0 aliphatic rings. The second-order valence-electron chi connectivity index (χ2n) is 3.47. The van der Waals surface area contributed by atoms with Gasteiger partial charge in [0.25, 0.3) is 21.9 Å². The van der Waals surface area contributed by atoms with Crippen LogP contribution in [0.25, 0.3) is 11.5 Å². The van der Waals surface area contributed by atoms with Crippen molar-refractivity contribution in [2.75, 3.05) is 4.72 Å². The van der Waals surface area contributed by atoms with Crippen LogP contribution in [-0.4, -0.2) is 18.6 Å². The summed E-state index contributed by atoms with van der Waals surface area (Å²) < 4.78 is 31.3. The highest BCUT2D eigenvalue weighted by atomic mass is 32.2. The molecule has 0 aliphatic heterocycles. The third-order valence-corrected chi connectivity index (χ3v) is 5.59. The summed E-state index contributed by atoms with van der Waals surface area (Å²) in [4.78, 5) is 3.99. The number of hydrogen-bond acceptors (Lipinski definition) is 7. The number of aromatic nitrogens is 2. The van der Waals surface area contributed by atoms with Crippen LogP contribution in [0.1, 0.15) is 0 Å². The van der Waals surface area contributed by atoms with Gasteiger partial charge in [0.05, 0.1) is 5.56 Å². The van der Waals surface area contributed by atoms with Gasteiger partial charge >= 0.3 is 0 Å². The Morgan fingerprint density at radius 1 is 1.26 bits per heavy atom. The van der Waals surface area contributed by atoms with Crippen molar-refractivity contribution >= 4 is 38.6 Å². The van der Waals surface area contributed by atoms with Gasteiger partial charge in [-0.05, 0) is 28.0 Å². The molecule has 3 aromatic rings. The second kappa shape index (κ2) is 4.76. The van der Waals surface area contributed by atoms with E-state index in [9.17, 15) is 8.42 Å². The van der Waals surface area contributed by atoms with Crippen LogP contribution in [-0.2, 0) is 10.0 Å². The zero-order valence-electron chi connectivity index (χ0n) is 9.31. The molecular weight excluding hydrogens is 306 g/mol. The van der Waals surface area contributed by atoms with E-state index in [0.717, 1.165) is 16.9 Å². The molecule has 0 aromatic carbocycles. The molecule has 98 valence electrons. The monoisotopic (exact) mass is 313 g/mol. The van der Waals surface area contributed by atoms with Gasteiger partial charge < -0.3 is 4.52 Å². The SMILES string of the molecule is O=S(=O)(Nc1noc(-c2ccsc2)n1)c1cccs1. The molecule has 0 atom stereocenters. The lowest BCUT2D eigenvalue weighted by Gasteiger charge is -1.99. The standard InChI is InChI=1S/C10H7N3O3S3/c14-19(15,8-2-1-4-18-8)13-10-11-9(16-12-10)7-3-5-17-6-7/h1-6H,(H,12,13). The van der Waals surface area contributed by atoms with Gasteiger partial charge in [0.2, 0.25) is 0 Å². The highest BCUT2D eigenvalue weighted by Gasteiger charge is 2.19. The van der Waals surface area contributed by atoms with Gasteiger partial charge in [0.15, 0.2) is 0 Å². The average molecular weight is 313 g/mol. The Bertz CT molecular complexity index is 760. The fourth-order valence-corrected chi connectivity index (χ4v) is 3.91. The lowest BCUT2D eigenvalue weighted by molar-refractivity contribution is 0.433. The van der Waals surface area contributed by atoms with Gasteiger partial charge in [-0.3, -0.25) is 0 Å². The second-order valence-corrected chi connectivity index (χ2v) is 7.11. The lowest BCUT2D eigenvalue weighted by Crippen LogP contribution is -2.12. The maximum Gasteiger partial charge on any atom is 0.277 e. The van der Waals surface area contributed by atoms with Crippen LogP contribution < -0.4 is 4.72 Å². The van der Waals surface area contributed by atoms with Crippen LogP contribution >= 0.6 is 22.7 Å². The highest BCUT2D eigenvalue weighted by molar-refractivity contribution is 7.94. The molecule has 0 amide bonds. The molecule has 0 fully saturated rings. The average Bonchev–Trinajstić information content (AvgIpc) is 3.11. The van der Waals surface area contributed by atoms with Gasteiger partial charge in [0, 0.05) is 5.38 Å². The van der Waals surface area contributed by atoms with E-state index >= 15 is 0 Å². The summed E-state index contributed by atoms with van der Waals surface area (Å²) in [5.74, 6) is 0.208. The van der Waals surface area contributed by atoms with Crippen molar-refractivity contribution in [2.24, 2.45) is 0 Å². The summed E-state index contributed by atoms with van der Waals surface area (Å²) in [5, 5.41) is 8.99. The Kier molecular flexibility index (Phi) is 3.09. The largest absolute Gasteiger partial charge is 0.332 e. The zero-order chi connectivity index (χ0) is 13.3. The Balaban J connectivity index is 1.85. The summed E-state index contributed by atoms with van der Waals surface area (Å²) in [6.45, 7) is 0. The maximum atomic E-state index is 11.9. The molecule has 9 heteroatoms. The van der Waals surface area contributed by atoms with Crippen molar-refractivity contribution in [3.8, 4) is 11.5 Å². The first-order chi connectivity index (χ1) is 9.15. The number of hydrogen-bond donors (Lipinski definition) is 1. The van der Waals surface area contributed by atoms with Gasteiger partial charge in [-0.1, -0.05) is 6.07 Å². The molecule has 0 radical (unpaired) electrons. The fourth-order valence-electron chi connectivity index (χ4n) is 1.36. The Morgan fingerprint density at radius 2 is 2.16 bits per heavy atom. The molecule has 3 heterocycles. The number of rotatable bonds is 4. The van der Waals surface area contributed by atoms with Crippen molar-refractivity contribution in [3.63, 3.8) is 0 Å². The van der Waals surface area contributed by atoms with E-state index in [0.29, 0.717) is 0 Å². The summed E-state index contributed by atoms with van der Waals surface area (Å²) in [7, 11) is -3.64. The first-order valence-corrected chi connectivity index (χ1v) is 8.38. The van der Waals surface area contributed by atoms with E-state index in [1.54, 1.807) is 11.4 Å². The van der Waals surface area contributed by atoms with Crippen LogP contribution in [0.3, 0.4) is 0 Å². The Morgan fingerprint density at radius 3 is 2.84 bits per heavy atom. The number of anilines is 1. The van der Waals surface area contributed by atoms with Crippen LogP contribution in [0, 0.1) is 0 Å². The summed E-state index contributed by atoms with van der Waals surface area (Å²) in [6, 6.07) is 4.98. The lowest BCUT2D eigenvalue weighted by atomic mass is 10.3. The molecule has 3 rings (SSSR count). The number of nitrogens with one attached hydrogen (secondary N) is 1. The summed E-state index contributed by atoms with van der Waals surface area (Å²) in [5.41, 5.74) is 0.763. The summed E-state index contributed by atoms with van der Waals surface area (Å²) in [6.07, 6.45) is 0. The van der Waals surface area contributed by atoms with Crippen molar-refractivity contribution in [1.29, 1.82) is 0 Å². The molecule has 0 saturated carbocycles. The minimum absolute atomic E-state index is 0.0744. The zero-order valence-corrected chi connectivity index (χ0v) is 11.8. The number of nitrogens with zero attached hydrogens (tertiary/aromatic N) is 2. The molecule has 0 bridgehead atoms. The summed E-state index contributed by atoms with van der Waals surface area (Å²) >= 11 is 2.61. The third-order valence-electron chi connectivity index (χ3n) is 2.18. The molecule has 1 N–H and O–H groups in total. The normalized spacial score (nSPS) is 11.6. The number of thiophene rings is 2. The molecule has 0 unspecified atom stereocenters. The first-order valence-electron chi connectivity index (χ1n) is 5.08. The van der Waals surface area contributed by atoms with Crippen molar-refractivity contribution in [3.05, 3.63) is 34.3 Å². The quantitative estimate of drug-likeness (QED) is 0.800. The minimum Gasteiger partial charge on any atom is -0.332 e. The topological polar surface area (TPSA) is 85.1 Å². The van der Waals surface area contributed by atoms with Crippen LogP contribution in [0.4, 0.5) is 5.95 Å². The van der Waals surface area contributed by atoms with Crippen molar-refractivity contribution < 1.29 is 12.9 Å². The van der Waals surface area contributed by atoms with E-state index < -0.39 is 10.0 Å². The fraction of sp³-hybridized carbons (Fsp3) is 0. The molecular formula is C10H7N3O3S3. The Hall–Kier alpha value is -1.71. The van der Waals surface area contributed by atoms with Crippen LogP contribution in [0.5, 0.6) is 0 Å².